The number of benzene rings is 1. The molecule has 0 spiro atoms. The number of piperazine rings is 1. The van der Waals surface area contributed by atoms with E-state index in [1.54, 1.807) is 7.11 Å². The Labute approximate surface area is 185 Å². The number of nitrogens with zero attached hydrogens (tertiary/aromatic N) is 4. The summed E-state index contributed by atoms with van der Waals surface area (Å²) in [6, 6.07) is 12.3. The van der Waals surface area contributed by atoms with Gasteiger partial charge in [0.25, 0.3) is 0 Å². The number of rotatable bonds is 5. The number of guanidine groups is 1. The van der Waals surface area contributed by atoms with E-state index in [4.69, 9.17) is 9.73 Å². The molecule has 6 nitrogen and oxygen atoms in total. The molecule has 0 aliphatic carbocycles. The smallest absolute Gasteiger partial charge is 0.194 e. The van der Waals surface area contributed by atoms with Crippen LogP contribution in [0.25, 0.3) is 0 Å². The van der Waals surface area contributed by atoms with E-state index in [1.165, 1.54) is 5.56 Å². The second kappa shape index (κ2) is 11.1. The fourth-order valence-electron chi connectivity index (χ4n) is 3.31. The molecule has 1 aromatic heterocycles. The summed E-state index contributed by atoms with van der Waals surface area (Å²) in [4.78, 5) is 14.0. The Morgan fingerprint density at radius 2 is 1.96 bits per heavy atom. The minimum absolute atomic E-state index is 0. The highest BCUT2D eigenvalue weighted by Gasteiger charge is 2.20. The molecule has 1 aliphatic heterocycles. The van der Waals surface area contributed by atoms with Gasteiger partial charge in [0, 0.05) is 38.9 Å². The van der Waals surface area contributed by atoms with Gasteiger partial charge in [0.15, 0.2) is 5.96 Å². The first-order valence-corrected chi connectivity index (χ1v) is 9.53. The van der Waals surface area contributed by atoms with Crippen LogP contribution in [-0.2, 0) is 6.54 Å². The lowest BCUT2D eigenvalue weighted by atomic mass is 10.1. The Kier molecular flexibility index (Phi) is 8.82. The Morgan fingerprint density at radius 1 is 1.18 bits per heavy atom. The maximum atomic E-state index is 5.37. The molecule has 0 saturated carbocycles. The molecule has 1 aliphatic rings. The summed E-state index contributed by atoms with van der Waals surface area (Å²) < 4.78 is 5.37. The Balaban J connectivity index is 0.00000280. The quantitative estimate of drug-likeness (QED) is 0.392. The van der Waals surface area contributed by atoms with E-state index >= 15 is 0 Å². The fraction of sp³-hybridized carbons (Fsp3) is 0.429. The van der Waals surface area contributed by atoms with Crippen LogP contribution in [-0.4, -0.2) is 55.7 Å². The number of aliphatic imine (C=N–C) groups is 1. The van der Waals surface area contributed by atoms with Gasteiger partial charge >= 0.3 is 0 Å². The van der Waals surface area contributed by atoms with Gasteiger partial charge in [-0.1, -0.05) is 12.1 Å². The number of aromatic nitrogens is 1. The molecule has 0 amide bonds. The van der Waals surface area contributed by atoms with Crippen LogP contribution in [0.3, 0.4) is 0 Å². The highest BCUT2D eigenvalue weighted by molar-refractivity contribution is 14.0. The molecule has 7 heteroatoms. The molecule has 0 radical (unpaired) electrons. The maximum absolute atomic E-state index is 5.37. The summed E-state index contributed by atoms with van der Waals surface area (Å²) in [5.41, 5.74) is 2.35. The lowest BCUT2D eigenvalue weighted by molar-refractivity contribution is 0.371. The number of aryl methyl sites for hydroxylation is 1. The Morgan fingerprint density at radius 3 is 2.61 bits per heavy atom. The molecule has 2 heterocycles. The van der Waals surface area contributed by atoms with Crippen molar-refractivity contribution in [2.24, 2.45) is 4.99 Å². The zero-order chi connectivity index (χ0) is 19.1. The first-order valence-electron chi connectivity index (χ1n) is 9.53. The third-order valence-corrected chi connectivity index (χ3v) is 4.65. The molecule has 1 N–H and O–H groups in total. The summed E-state index contributed by atoms with van der Waals surface area (Å²) in [7, 11) is 1.70. The Hall–Kier alpha value is -2.03. The largest absolute Gasteiger partial charge is 0.497 e. The van der Waals surface area contributed by atoms with Gasteiger partial charge in [-0.25, -0.2) is 9.98 Å². The Bertz CT molecular complexity index is 761. The first kappa shape index (κ1) is 22.3. The number of methoxy groups -OCH3 is 1. The molecular weight excluding hydrogens is 465 g/mol. The predicted octanol–water partition coefficient (Wildman–Crippen LogP) is 3.30. The van der Waals surface area contributed by atoms with Crippen LogP contribution in [0.15, 0.2) is 47.6 Å². The van der Waals surface area contributed by atoms with E-state index in [0.717, 1.165) is 55.8 Å². The van der Waals surface area contributed by atoms with Crippen LogP contribution in [0.4, 0.5) is 5.82 Å². The van der Waals surface area contributed by atoms with Crippen molar-refractivity contribution in [1.29, 1.82) is 0 Å². The molecule has 0 atom stereocenters. The van der Waals surface area contributed by atoms with E-state index < -0.39 is 0 Å². The number of anilines is 1. The predicted molar refractivity (Wildman–Crippen MR) is 126 cm³/mol. The van der Waals surface area contributed by atoms with Gasteiger partial charge in [-0.15, -0.1) is 24.0 Å². The van der Waals surface area contributed by atoms with Crippen molar-refractivity contribution in [1.82, 2.24) is 15.2 Å². The maximum Gasteiger partial charge on any atom is 0.194 e. The van der Waals surface area contributed by atoms with Crippen LogP contribution in [0.2, 0.25) is 0 Å². The van der Waals surface area contributed by atoms with E-state index in [2.05, 4.69) is 52.1 Å². The van der Waals surface area contributed by atoms with Crippen molar-refractivity contribution in [2.75, 3.05) is 44.7 Å². The van der Waals surface area contributed by atoms with Gasteiger partial charge in [-0.2, -0.15) is 0 Å². The monoisotopic (exact) mass is 495 g/mol. The van der Waals surface area contributed by atoms with Crippen molar-refractivity contribution >= 4 is 35.8 Å². The normalized spacial score (nSPS) is 14.5. The summed E-state index contributed by atoms with van der Waals surface area (Å²) >= 11 is 0. The zero-order valence-corrected chi connectivity index (χ0v) is 19.2. The standard InChI is InChI=1S/C21H29N5O.HI/c1-4-22-21(24-16-18-13-17(2)14-19(15-18)27-3)26-11-9-25(10-12-26)20-7-5-6-8-23-20;/h5-8,13-15H,4,9-12,16H2,1-3H3,(H,22,24);1H. The van der Waals surface area contributed by atoms with E-state index in [-0.39, 0.29) is 24.0 Å². The second-order valence-corrected chi connectivity index (χ2v) is 6.69. The van der Waals surface area contributed by atoms with Gasteiger partial charge in [-0.05, 0) is 49.2 Å². The van der Waals surface area contributed by atoms with E-state index in [1.807, 2.05) is 24.4 Å². The van der Waals surface area contributed by atoms with Gasteiger partial charge < -0.3 is 19.9 Å². The molecular formula is C21H30IN5O. The van der Waals surface area contributed by atoms with Crippen LogP contribution >= 0.6 is 24.0 Å². The van der Waals surface area contributed by atoms with E-state index in [9.17, 15) is 0 Å². The van der Waals surface area contributed by atoms with Crippen molar-refractivity contribution in [3.63, 3.8) is 0 Å². The van der Waals surface area contributed by atoms with Gasteiger partial charge in [0.2, 0.25) is 0 Å². The molecule has 1 aromatic carbocycles. The SMILES string of the molecule is CCNC(=NCc1cc(C)cc(OC)c1)N1CCN(c2ccccn2)CC1.I. The summed E-state index contributed by atoms with van der Waals surface area (Å²) in [6.45, 7) is 9.43. The van der Waals surface area contributed by atoms with Crippen molar-refractivity contribution in [2.45, 2.75) is 20.4 Å². The van der Waals surface area contributed by atoms with Crippen LogP contribution in [0.5, 0.6) is 5.75 Å². The van der Waals surface area contributed by atoms with Gasteiger partial charge in [-0.3, -0.25) is 0 Å². The third-order valence-electron chi connectivity index (χ3n) is 4.65. The molecule has 0 unspecified atom stereocenters. The van der Waals surface area contributed by atoms with Gasteiger partial charge in [0.1, 0.15) is 11.6 Å². The molecule has 0 bridgehead atoms. The third kappa shape index (κ3) is 5.98. The minimum Gasteiger partial charge on any atom is -0.497 e. The molecule has 1 fully saturated rings. The lowest BCUT2D eigenvalue weighted by Gasteiger charge is -2.37. The minimum atomic E-state index is 0. The molecule has 152 valence electrons. The average Bonchev–Trinajstić information content (AvgIpc) is 2.71. The number of hydrogen-bond donors (Lipinski definition) is 1. The summed E-state index contributed by atoms with van der Waals surface area (Å²) in [5, 5.41) is 3.43. The summed E-state index contributed by atoms with van der Waals surface area (Å²) in [5.74, 6) is 2.90. The van der Waals surface area contributed by atoms with Crippen LogP contribution < -0.4 is 15.0 Å². The van der Waals surface area contributed by atoms with Gasteiger partial charge in [0.05, 0.1) is 13.7 Å². The topological polar surface area (TPSA) is 53.0 Å². The lowest BCUT2D eigenvalue weighted by Crippen LogP contribution is -2.52. The molecule has 28 heavy (non-hydrogen) atoms. The average molecular weight is 495 g/mol. The van der Waals surface area contributed by atoms with Crippen LogP contribution in [0.1, 0.15) is 18.1 Å². The van der Waals surface area contributed by atoms with Crippen LogP contribution in [0, 0.1) is 6.92 Å². The highest BCUT2D eigenvalue weighted by Crippen LogP contribution is 2.17. The number of nitrogens with one attached hydrogen (secondary N) is 1. The molecule has 1 saturated heterocycles. The fourth-order valence-corrected chi connectivity index (χ4v) is 3.31. The number of halogens is 1. The van der Waals surface area contributed by atoms with Crippen molar-refractivity contribution < 1.29 is 4.74 Å². The zero-order valence-electron chi connectivity index (χ0n) is 16.9. The summed E-state index contributed by atoms with van der Waals surface area (Å²) in [6.07, 6.45) is 1.85. The number of pyridine rings is 1. The van der Waals surface area contributed by atoms with Crippen molar-refractivity contribution in [3.05, 3.63) is 53.7 Å². The van der Waals surface area contributed by atoms with E-state index in [0.29, 0.717) is 6.54 Å². The van der Waals surface area contributed by atoms with Crippen molar-refractivity contribution in [3.8, 4) is 5.75 Å². The number of ether oxygens (including phenoxy) is 1. The number of hydrogen-bond acceptors (Lipinski definition) is 4. The molecule has 2 aromatic rings. The first-order chi connectivity index (χ1) is 13.2. The highest BCUT2D eigenvalue weighted by atomic mass is 127. The molecule has 3 rings (SSSR count). The second-order valence-electron chi connectivity index (χ2n) is 6.69.